The fraction of sp³-hybridized carbons (Fsp3) is 0.217. The van der Waals surface area contributed by atoms with Crippen LogP contribution in [0, 0.1) is 0 Å². The Labute approximate surface area is 191 Å². The van der Waals surface area contributed by atoms with Gasteiger partial charge in [0.25, 0.3) is 0 Å². The van der Waals surface area contributed by atoms with E-state index in [1.54, 1.807) is 22.4 Å². The number of carbonyl (C=O) groups excluding carboxylic acids is 1. The summed E-state index contributed by atoms with van der Waals surface area (Å²) < 4.78 is 5.72. The van der Waals surface area contributed by atoms with Crippen LogP contribution < -0.4 is 16.2 Å². The SMILES string of the molecule is C=CSC(N)=NCCOc1ccc(C2C=C(c3cc(Cl)ccc3N)CCN2C=O)cc1. The number of hydrogen-bond donors (Lipinski definition) is 2. The van der Waals surface area contributed by atoms with Gasteiger partial charge in [0.1, 0.15) is 12.4 Å². The number of nitrogens with two attached hydrogens (primary N) is 2. The highest BCUT2D eigenvalue weighted by molar-refractivity contribution is 8.16. The van der Waals surface area contributed by atoms with Gasteiger partial charge in [0.05, 0.1) is 12.6 Å². The maximum Gasteiger partial charge on any atom is 0.210 e. The number of carbonyl (C=O) groups is 1. The molecular weight excluding hydrogens is 432 g/mol. The van der Waals surface area contributed by atoms with Gasteiger partial charge in [0.2, 0.25) is 6.41 Å². The summed E-state index contributed by atoms with van der Waals surface area (Å²) in [6.07, 6.45) is 3.67. The molecule has 4 N–H and O–H groups in total. The molecule has 8 heteroatoms. The lowest BCUT2D eigenvalue weighted by Crippen LogP contribution is -2.30. The standard InChI is InChI=1S/C23H25ClN4O2S/c1-2-31-23(26)27-10-12-30-19-6-3-16(4-7-19)22-13-17(9-11-28(22)15-29)20-14-18(24)5-8-21(20)25/h2-8,13-15,22H,1,9-12,25H2,(H2,26,27). The minimum atomic E-state index is -0.186. The summed E-state index contributed by atoms with van der Waals surface area (Å²) in [5, 5.41) is 2.73. The van der Waals surface area contributed by atoms with Crippen molar-refractivity contribution >= 4 is 46.2 Å². The van der Waals surface area contributed by atoms with Crippen LogP contribution >= 0.6 is 23.4 Å². The van der Waals surface area contributed by atoms with Crippen LogP contribution in [0.2, 0.25) is 5.02 Å². The number of thioether (sulfide) groups is 1. The number of benzene rings is 2. The fourth-order valence-corrected chi connectivity index (χ4v) is 3.91. The first-order chi connectivity index (χ1) is 15.0. The molecule has 6 nitrogen and oxygen atoms in total. The molecule has 1 unspecified atom stereocenters. The van der Waals surface area contributed by atoms with Gasteiger partial charge >= 0.3 is 0 Å². The Hall–Kier alpha value is -2.90. The Kier molecular flexibility index (Phi) is 8.03. The van der Waals surface area contributed by atoms with Crippen LogP contribution in [0.25, 0.3) is 5.57 Å². The first-order valence-electron chi connectivity index (χ1n) is 9.79. The van der Waals surface area contributed by atoms with Gasteiger partial charge < -0.3 is 21.1 Å². The molecule has 0 saturated heterocycles. The second-order valence-corrected chi connectivity index (χ2v) is 8.31. The number of halogens is 1. The minimum Gasteiger partial charge on any atom is -0.492 e. The van der Waals surface area contributed by atoms with E-state index in [1.807, 2.05) is 30.3 Å². The Bertz CT molecular complexity index is 992. The van der Waals surface area contributed by atoms with Crippen LogP contribution in [-0.2, 0) is 4.79 Å². The summed E-state index contributed by atoms with van der Waals surface area (Å²) in [4.78, 5) is 17.6. The van der Waals surface area contributed by atoms with Crippen LogP contribution in [0.1, 0.15) is 23.6 Å². The van der Waals surface area contributed by atoms with Gasteiger partial charge in [0.15, 0.2) is 5.17 Å². The normalized spacial score (nSPS) is 16.5. The van der Waals surface area contributed by atoms with Gasteiger partial charge in [0, 0.05) is 22.8 Å². The molecule has 1 amide bonds. The summed E-state index contributed by atoms with van der Waals surface area (Å²) in [7, 11) is 0. The van der Waals surface area contributed by atoms with E-state index in [0.29, 0.717) is 35.6 Å². The molecule has 0 spiro atoms. The highest BCUT2D eigenvalue weighted by atomic mass is 35.5. The average Bonchev–Trinajstić information content (AvgIpc) is 2.78. The van der Waals surface area contributed by atoms with Gasteiger partial charge in [-0.1, -0.05) is 48.2 Å². The van der Waals surface area contributed by atoms with Crippen molar-refractivity contribution in [2.75, 3.05) is 25.4 Å². The molecule has 3 rings (SSSR count). The van der Waals surface area contributed by atoms with Crippen LogP contribution in [-0.4, -0.2) is 36.2 Å². The lowest BCUT2D eigenvalue weighted by molar-refractivity contribution is -0.119. The quantitative estimate of drug-likeness (QED) is 0.201. The van der Waals surface area contributed by atoms with Crippen molar-refractivity contribution in [3.63, 3.8) is 0 Å². The molecule has 1 atom stereocenters. The summed E-state index contributed by atoms with van der Waals surface area (Å²) in [5.41, 5.74) is 15.5. The lowest BCUT2D eigenvalue weighted by atomic mass is 9.92. The second-order valence-electron chi connectivity index (χ2n) is 6.88. The number of rotatable bonds is 8. The molecule has 31 heavy (non-hydrogen) atoms. The van der Waals surface area contributed by atoms with Crippen LogP contribution in [0.5, 0.6) is 5.75 Å². The molecule has 1 heterocycles. The summed E-state index contributed by atoms with van der Waals surface area (Å²) >= 11 is 7.44. The largest absolute Gasteiger partial charge is 0.492 e. The van der Waals surface area contributed by atoms with E-state index in [9.17, 15) is 4.79 Å². The zero-order valence-electron chi connectivity index (χ0n) is 17.0. The van der Waals surface area contributed by atoms with E-state index in [-0.39, 0.29) is 6.04 Å². The van der Waals surface area contributed by atoms with Crippen molar-refractivity contribution in [3.05, 3.63) is 76.7 Å². The second kappa shape index (κ2) is 10.9. The van der Waals surface area contributed by atoms with Crippen LogP contribution in [0.3, 0.4) is 0 Å². The summed E-state index contributed by atoms with van der Waals surface area (Å²) in [6.45, 7) is 5.08. The van der Waals surface area contributed by atoms with Gasteiger partial charge in [-0.3, -0.25) is 9.79 Å². The van der Waals surface area contributed by atoms with Gasteiger partial charge in [-0.25, -0.2) is 0 Å². The molecule has 162 valence electrons. The number of nitrogen functional groups attached to an aromatic ring is 1. The predicted octanol–water partition coefficient (Wildman–Crippen LogP) is 4.48. The summed E-state index contributed by atoms with van der Waals surface area (Å²) in [5.74, 6) is 0.727. The minimum absolute atomic E-state index is 0.186. The number of aliphatic imine (C=N–C) groups is 1. The Morgan fingerprint density at radius 2 is 2.10 bits per heavy atom. The number of nitrogens with zero attached hydrogens (tertiary/aromatic N) is 2. The van der Waals surface area contributed by atoms with Gasteiger partial charge in [-0.15, -0.1) is 0 Å². The molecule has 0 bridgehead atoms. The molecule has 2 aromatic carbocycles. The molecule has 0 saturated carbocycles. The monoisotopic (exact) mass is 456 g/mol. The van der Waals surface area contributed by atoms with E-state index in [2.05, 4.69) is 17.6 Å². The molecule has 0 radical (unpaired) electrons. The zero-order chi connectivity index (χ0) is 22.2. The summed E-state index contributed by atoms with van der Waals surface area (Å²) in [6, 6.07) is 13.0. The van der Waals surface area contributed by atoms with Crippen LogP contribution in [0.15, 0.2) is 65.5 Å². The zero-order valence-corrected chi connectivity index (χ0v) is 18.6. The van der Waals surface area contributed by atoms with E-state index in [1.165, 1.54) is 11.8 Å². The fourth-order valence-electron chi connectivity index (χ4n) is 3.40. The molecule has 2 aromatic rings. The Balaban J connectivity index is 1.73. The molecule has 1 aliphatic rings. The lowest BCUT2D eigenvalue weighted by Gasteiger charge is -2.32. The van der Waals surface area contributed by atoms with Gasteiger partial charge in [-0.05, 0) is 53.3 Å². The van der Waals surface area contributed by atoms with Crippen molar-refractivity contribution in [1.29, 1.82) is 0 Å². The third kappa shape index (κ3) is 6.06. The van der Waals surface area contributed by atoms with Crippen molar-refractivity contribution in [3.8, 4) is 5.75 Å². The van der Waals surface area contributed by atoms with E-state index in [4.69, 9.17) is 27.8 Å². The molecule has 0 fully saturated rings. The van der Waals surface area contributed by atoms with Crippen molar-refractivity contribution in [1.82, 2.24) is 4.90 Å². The first kappa shape index (κ1) is 22.8. The first-order valence-corrected chi connectivity index (χ1v) is 11.0. The third-order valence-corrected chi connectivity index (χ3v) is 5.68. The number of amidine groups is 1. The Morgan fingerprint density at radius 1 is 1.32 bits per heavy atom. The van der Waals surface area contributed by atoms with Gasteiger partial charge in [-0.2, -0.15) is 0 Å². The van der Waals surface area contributed by atoms with E-state index < -0.39 is 0 Å². The maximum absolute atomic E-state index is 11.6. The average molecular weight is 457 g/mol. The predicted molar refractivity (Wildman–Crippen MR) is 130 cm³/mol. The smallest absolute Gasteiger partial charge is 0.210 e. The molecular formula is C23H25ClN4O2S. The van der Waals surface area contributed by atoms with E-state index >= 15 is 0 Å². The number of hydrogen-bond acceptors (Lipinski definition) is 5. The van der Waals surface area contributed by atoms with Crippen molar-refractivity contribution < 1.29 is 9.53 Å². The molecule has 0 aliphatic carbocycles. The van der Waals surface area contributed by atoms with Crippen molar-refractivity contribution in [2.45, 2.75) is 12.5 Å². The topological polar surface area (TPSA) is 93.9 Å². The van der Waals surface area contributed by atoms with Crippen LogP contribution in [0.4, 0.5) is 5.69 Å². The highest BCUT2D eigenvalue weighted by Crippen LogP contribution is 2.36. The Morgan fingerprint density at radius 3 is 2.81 bits per heavy atom. The van der Waals surface area contributed by atoms with Crippen molar-refractivity contribution in [2.24, 2.45) is 10.7 Å². The third-order valence-electron chi connectivity index (χ3n) is 4.91. The van der Waals surface area contributed by atoms with E-state index in [0.717, 1.165) is 35.3 Å². The highest BCUT2D eigenvalue weighted by Gasteiger charge is 2.24. The molecule has 1 aliphatic heterocycles. The number of ether oxygens (including phenoxy) is 1. The number of amides is 1. The number of anilines is 1. The molecule has 0 aromatic heterocycles. The maximum atomic E-state index is 11.6.